The van der Waals surface area contributed by atoms with E-state index in [9.17, 15) is 9.59 Å². The largest absolute Gasteiger partial charge is 0.494 e. The molecule has 0 saturated carbocycles. The minimum atomic E-state index is -0.346. The van der Waals surface area contributed by atoms with Gasteiger partial charge in [0.25, 0.3) is 11.8 Å². The number of rotatable bonds is 6. The average Bonchev–Trinajstić information content (AvgIpc) is 2.69. The second-order valence-electron chi connectivity index (χ2n) is 6.10. The lowest BCUT2D eigenvalue weighted by Gasteiger charge is -2.09. The molecular formula is C22H18Cl2N2O3. The lowest BCUT2D eigenvalue weighted by atomic mass is 10.1. The summed E-state index contributed by atoms with van der Waals surface area (Å²) < 4.78 is 5.38. The summed E-state index contributed by atoms with van der Waals surface area (Å²) in [4.78, 5) is 24.7. The summed E-state index contributed by atoms with van der Waals surface area (Å²) in [7, 11) is 0. The van der Waals surface area contributed by atoms with Crippen molar-refractivity contribution >= 4 is 46.4 Å². The number of carbonyl (C=O) groups is 2. The van der Waals surface area contributed by atoms with E-state index in [1.54, 1.807) is 54.6 Å². The van der Waals surface area contributed by atoms with E-state index in [0.717, 1.165) is 5.75 Å². The van der Waals surface area contributed by atoms with Gasteiger partial charge in [0.1, 0.15) is 5.75 Å². The van der Waals surface area contributed by atoms with E-state index in [1.807, 2.05) is 6.92 Å². The molecule has 3 aromatic carbocycles. The van der Waals surface area contributed by atoms with Crippen molar-refractivity contribution in [2.45, 2.75) is 6.92 Å². The number of benzene rings is 3. The van der Waals surface area contributed by atoms with E-state index in [1.165, 1.54) is 12.1 Å². The summed E-state index contributed by atoms with van der Waals surface area (Å²) in [6.45, 7) is 2.49. The Morgan fingerprint density at radius 3 is 1.76 bits per heavy atom. The molecule has 7 heteroatoms. The number of anilines is 2. The van der Waals surface area contributed by atoms with E-state index in [-0.39, 0.29) is 11.8 Å². The van der Waals surface area contributed by atoms with Crippen LogP contribution in [0.25, 0.3) is 0 Å². The molecular weight excluding hydrogens is 411 g/mol. The van der Waals surface area contributed by atoms with Crippen LogP contribution in [-0.4, -0.2) is 18.4 Å². The minimum absolute atomic E-state index is 0.256. The fourth-order valence-corrected chi connectivity index (χ4v) is 3.12. The molecule has 3 aromatic rings. The van der Waals surface area contributed by atoms with Gasteiger partial charge >= 0.3 is 0 Å². The molecule has 0 aromatic heterocycles. The van der Waals surface area contributed by atoms with Crippen LogP contribution >= 0.6 is 23.2 Å². The van der Waals surface area contributed by atoms with Crippen LogP contribution in [0.4, 0.5) is 11.4 Å². The zero-order chi connectivity index (χ0) is 20.8. The molecule has 0 radical (unpaired) electrons. The second-order valence-corrected chi connectivity index (χ2v) is 6.97. The highest BCUT2D eigenvalue weighted by atomic mass is 35.5. The first kappa shape index (κ1) is 20.7. The fourth-order valence-electron chi connectivity index (χ4n) is 2.60. The Balaban J connectivity index is 1.63. The smallest absolute Gasteiger partial charge is 0.255 e. The van der Waals surface area contributed by atoms with Crippen LogP contribution in [0.5, 0.6) is 5.75 Å². The summed E-state index contributed by atoms with van der Waals surface area (Å²) in [5, 5.41) is 6.32. The van der Waals surface area contributed by atoms with Gasteiger partial charge < -0.3 is 15.4 Å². The first-order chi connectivity index (χ1) is 13.9. The maximum atomic E-state index is 12.4. The van der Waals surface area contributed by atoms with Crippen LogP contribution in [0.3, 0.4) is 0 Å². The third kappa shape index (κ3) is 5.73. The summed E-state index contributed by atoms with van der Waals surface area (Å²) in [6, 6.07) is 18.3. The third-order valence-corrected chi connectivity index (χ3v) is 4.39. The molecule has 5 nitrogen and oxygen atoms in total. The van der Waals surface area contributed by atoms with Crippen molar-refractivity contribution in [2.75, 3.05) is 17.2 Å². The Morgan fingerprint density at radius 1 is 0.759 bits per heavy atom. The van der Waals surface area contributed by atoms with E-state index in [4.69, 9.17) is 27.9 Å². The van der Waals surface area contributed by atoms with E-state index < -0.39 is 0 Å². The quantitative estimate of drug-likeness (QED) is 0.513. The molecule has 0 spiro atoms. The van der Waals surface area contributed by atoms with Gasteiger partial charge in [0.05, 0.1) is 6.61 Å². The standard InChI is InChI=1S/C22H18Cl2N2O3/c1-2-29-20-9-7-19(8-10-20)25-21(27)14-3-5-18(6-4-14)26-22(28)15-11-16(23)13-17(24)12-15/h3-13H,2H2,1H3,(H,25,27)(H,26,28). The fraction of sp³-hybridized carbons (Fsp3) is 0.0909. The zero-order valence-electron chi connectivity index (χ0n) is 15.5. The van der Waals surface area contributed by atoms with Crippen LogP contribution in [0.15, 0.2) is 66.7 Å². The first-order valence-corrected chi connectivity index (χ1v) is 9.62. The monoisotopic (exact) mass is 428 g/mol. The lowest BCUT2D eigenvalue weighted by molar-refractivity contribution is 0.102. The maximum Gasteiger partial charge on any atom is 0.255 e. The Kier molecular flexibility index (Phi) is 6.75. The van der Waals surface area contributed by atoms with Gasteiger partial charge in [-0.3, -0.25) is 9.59 Å². The Bertz CT molecular complexity index is 999. The van der Waals surface area contributed by atoms with Crippen molar-refractivity contribution in [1.29, 1.82) is 0 Å². The number of carbonyl (C=O) groups excluding carboxylic acids is 2. The van der Waals surface area contributed by atoms with Crippen LogP contribution < -0.4 is 15.4 Å². The predicted molar refractivity (Wildman–Crippen MR) is 116 cm³/mol. The van der Waals surface area contributed by atoms with Gasteiger partial charge in [-0.25, -0.2) is 0 Å². The van der Waals surface area contributed by atoms with Gasteiger partial charge in [-0.2, -0.15) is 0 Å². The van der Waals surface area contributed by atoms with E-state index in [2.05, 4.69) is 10.6 Å². The maximum absolute atomic E-state index is 12.4. The Hall–Kier alpha value is -3.02. The molecule has 0 saturated heterocycles. The van der Waals surface area contributed by atoms with Crippen LogP contribution in [0.1, 0.15) is 27.6 Å². The molecule has 0 heterocycles. The molecule has 0 aliphatic rings. The highest BCUT2D eigenvalue weighted by Gasteiger charge is 2.10. The van der Waals surface area contributed by atoms with Crippen molar-refractivity contribution < 1.29 is 14.3 Å². The van der Waals surface area contributed by atoms with Crippen molar-refractivity contribution in [1.82, 2.24) is 0 Å². The topological polar surface area (TPSA) is 67.4 Å². The number of halogens is 2. The van der Waals surface area contributed by atoms with Gasteiger partial charge in [-0.1, -0.05) is 23.2 Å². The highest BCUT2D eigenvalue weighted by Crippen LogP contribution is 2.21. The lowest BCUT2D eigenvalue weighted by Crippen LogP contribution is -2.13. The van der Waals surface area contributed by atoms with Gasteiger partial charge in [-0.05, 0) is 73.7 Å². The molecule has 3 rings (SSSR count). The molecule has 0 atom stereocenters. The summed E-state index contributed by atoms with van der Waals surface area (Å²) in [6.07, 6.45) is 0. The molecule has 0 fully saturated rings. The molecule has 29 heavy (non-hydrogen) atoms. The number of hydrogen-bond acceptors (Lipinski definition) is 3. The van der Waals surface area contributed by atoms with Crippen molar-refractivity contribution in [3.63, 3.8) is 0 Å². The van der Waals surface area contributed by atoms with Crippen LogP contribution in [-0.2, 0) is 0 Å². The normalized spacial score (nSPS) is 10.3. The summed E-state index contributed by atoms with van der Waals surface area (Å²) in [5.74, 6) is 0.140. The van der Waals surface area contributed by atoms with Crippen LogP contribution in [0, 0.1) is 0 Å². The summed E-state index contributed by atoms with van der Waals surface area (Å²) in [5.41, 5.74) is 2.01. The molecule has 0 aliphatic carbocycles. The van der Waals surface area contributed by atoms with Crippen molar-refractivity contribution in [2.24, 2.45) is 0 Å². The Labute approximate surface area is 178 Å². The number of nitrogens with one attached hydrogen (secondary N) is 2. The number of ether oxygens (including phenoxy) is 1. The van der Waals surface area contributed by atoms with Crippen molar-refractivity contribution in [3.8, 4) is 5.75 Å². The van der Waals surface area contributed by atoms with E-state index >= 15 is 0 Å². The Morgan fingerprint density at radius 2 is 1.24 bits per heavy atom. The number of hydrogen-bond donors (Lipinski definition) is 2. The molecule has 2 N–H and O–H groups in total. The summed E-state index contributed by atoms with van der Waals surface area (Å²) >= 11 is 11.9. The second kappa shape index (κ2) is 9.45. The van der Waals surface area contributed by atoms with Crippen LogP contribution in [0.2, 0.25) is 10.0 Å². The molecule has 148 valence electrons. The SMILES string of the molecule is CCOc1ccc(NC(=O)c2ccc(NC(=O)c3cc(Cl)cc(Cl)c3)cc2)cc1. The molecule has 2 amide bonds. The average molecular weight is 429 g/mol. The van der Waals surface area contributed by atoms with E-state index in [0.29, 0.717) is 39.2 Å². The van der Waals surface area contributed by atoms with Gasteiger partial charge in [0.15, 0.2) is 0 Å². The third-order valence-electron chi connectivity index (χ3n) is 3.95. The minimum Gasteiger partial charge on any atom is -0.494 e. The van der Waals surface area contributed by atoms with Crippen molar-refractivity contribution in [3.05, 3.63) is 87.9 Å². The van der Waals surface area contributed by atoms with Gasteiger partial charge in [-0.15, -0.1) is 0 Å². The molecule has 0 aliphatic heterocycles. The highest BCUT2D eigenvalue weighted by molar-refractivity contribution is 6.35. The van der Waals surface area contributed by atoms with Gasteiger partial charge in [0, 0.05) is 32.5 Å². The first-order valence-electron chi connectivity index (χ1n) is 8.86. The predicted octanol–water partition coefficient (Wildman–Crippen LogP) is 5.90. The number of amides is 2. The molecule has 0 bridgehead atoms. The molecule has 0 unspecified atom stereocenters. The van der Waals surface area contributed by atoms with Gasteiger partial charge in [0.2, 0.25) is 0 Å². The zero-order valence-corrected chi connectivity index (χ0v) is 17.1.